The van der Waals surface area contributed by atoms with Gasteiger partial charge in [0, 0.05) is 35.8 Å². The molecule has 2 heterocycles. The SMILES string of the molecule is O=C(N1CCCCC1)C(O)(c1c[nH]c2ccccc12)C(F)(F)F. The summed E-state index contributed by atoms with van der Waals surface area (Å²) in [7, 11) is 0. The standard InChI is InChI=1S/C16H17F3N2O2/c17-16(18,19)15(23,14(22)21-8-4-1-5-9-21)12-10-20-13-7-3-2-6-11(12)13/h2-3,6-7,10,20,23H,1,4-5,8-9H2. The number of nitrogens with one attached hydrogen (secondary N) is 1. The van der Waals surface area contributed by atoms with E-state index in [4.69, 9.17) is 0 Å². The Bertz CT molecular complexity index is 719. The van der Waals surface area contributed by atoms with Gasteiger partial charge in [0.1, 0.15) is 0 Å². The number of aromatic amines is 1. The lowest BCUT2D eigenvalue weighted by Gasteiger charge is -2.36. The molecule has 1 aromatic heterocycles. The van der Waals surface area contributed by atoms with Gasteiger partial charge in [-0.15, -0.1) is 0 Å². The monoisotopic (exact) mass is 326 g/mol. The molecule has 0 bridgehead atoms. The molecule has 1 unspecified atom stereocenters. The number of nitrogens with zero attached hydrogens (tertiary/aromatic N) is 1. The molecule has 2 N–H and O–H groups in total. The Morgan fingerprint density at radius 1 is 1.13 bits per heavy atom. The lowest BCUT2D eigenvalue weighted by Crippen LogP contribution is -2.56. The zero-order chi connectivity index (χ0) is 16.7. The lowest BCUT2D eigenvalue weighted by atomic mass is 9.90. The highest BCUT2D eigenvalue weighted by molar-refractivity contribution is 5.94. The van der Waals surface area contributed by atoms with E-state index in [1.54, 1.807) is 18.2 Å². The van der Waals surface area contributed by atoms with Gasteiger partial charge in [0.2, 0.25) is 0 Å². The number of likely N-dealkylation sites (tertiary alicyclic amines) is 1. The molecule has 1 saturated heterocycles. The number of amides is 1. The molecule has 1 atom stereocenters. The van der Waals surface area contributed by atoms with Crippen LogP contribution in [0.5, 0.6) is 0 Å². The van der Waals surface area contributed by atoms with Crippen LogP contribution in [-0.2, 0) is 10.4 Å². The van der Waals surface area contributed by atoms with Crippen molar-refractivity contribution in [3.63, 3.8) is 0 Å². The maximum atomic E-state index is 13.7. The largest absolute Gasteiger partial charge is 0.430 e. The molecule has 1 aliphatic rings. The molecule has 0 radical (unpaired) electrons. The Labute approximate surface area is 130 Å². The van der Waals surface area contributed by atoms with Crippen LogP contribution < -0.4 is 0 Å². The molecule has 0 aliphatic carbocycles. The molecule has 3 rings (SSSR count). The molecule has 1 aliphatic heterocycles. The lowest BCUT2D eigenvalue weighted by molar-refractivity contribution is -0.261. The summed E-state index contributed by atoms with van der Waals surface area (Å²) >= 11 is 0. The van der Waals surface area contributed by atoms with Crippen molar-refractivity contribution in [3.05, 3.63) is 36.0 Å². The fraction of sp³-hybridized carbons (Fsp3) is 0.438. The predicted molar refractivity (Wildman–Crippen MR) is 78.7 cm³/mol. The minimum atomic E-state index is -5.10. The molecule has 0 spiro atoms. The van der Waals surface area contributed by atoms with Gasteiger partial charge in [0.05, 0.1) is 0 Å². The van der Waals surface area contributed by atoms with Crippen molar-refractivity contribution in [2.24, 2.45) is 0 Å². The maximum absolute atomic E-state index is 13.7. The second-order valence-electron chi connectivity index (χ2n) is 5.81. The number of hydrogen-bond donors (Lipinski definition) is 2. The van der Waals surface area contributed by atoms with Crippen LogP contribution in [0.15, 0.2) is 30.5 Å². The van der Waals surface area contributed by atoms with Gasteiger partial charge in [-0.05, 0) is 25.3 Å². The Morgan fingerprint density at radius 2 is 1.78 bits per heavy atom. The van der Waals surface area contributed by atoms with Gasteiger partial charge in [-0.1, -0.05) is 18.2 Å². The molecular weight excluding hydrogens is 309 g/mol. The number of hydrogen-bond acceptors (Lipinski definition) is 2. The summed E-state index contributed by atoms with van der Waals surface area (Å²) in [4.78, 5) is 16.4. The Hall–Kier alpha value is -2.02. The Balaban J connectivity index is 2.12. The maximum Gasteiger partial charge on any atom is 0.430 e. The van der Waals surface area contributed by atoms with Crippen LogP contribution in [0, 0.1) is 0 Å². The van der Waals surface area contributed by atoms with Crippen LogP contribution in [0.1, 0.15) is 24.8 Å². The van der Waals surface area contributed by atoms with E-state index < -0.39 is 23.2 Å². The first kappa shape index (κ1) is 15.9. The van der Waals surface area contributed by atoms with E-state index in [9.17, 15) is 23.1 Å². The molecule has 2 aromatic rings. The Kier molecular flexibility index (Phi) is 3.83. The highest BCUT2D eigenvalue weighted by Gasteiger charge is 2.62. The van der Waals surface area contributed by atoms with Crippen LogP contribution in [0.3, 0.4) is 0 Å². The third-order valence-electron chi connectivity index (χ3n) is 4.34. The number of aliphatic hydroxyl groups is 1. The second kappa shape index (κ2) is 5.56. The molecule has 1 aromatic carbocycles. The van der Waals surface area contributed by atoms with Crippen molar-refractivity contribution >= 4 is 16.8 Å². The molecule has 124 valence electrons. The average Bonchev–Trinajstić information content (AvgIpc) is 2.97. The summed E-state index contributed by atoms with van der Waals surface area (Å²) in [6, 6.07) is 6.30. The number of halogens is 3. The van der Waals surface area contributed by atoms with Crippen LogP contribution in [0.25, 0.3) is 10.9 Å². The summed E-state index contributed by atoms with van der Waals surface area (Å²) in [6.45, 7) is 0.471. The highest BCUT2D eigenvalue weighted by atomic mass is 19.4. The first-order valence-electron chi connectivity index (χ1n) is 7.51. The first-order chi connectivity index (χ1) is 10.9. The molecule has 1 fully saturated rings. The molecule has 0 saturated carbocycles. The molecule has 4 nitrogen and oxygen atoms in total. The van der Waals surface area contributed by atoms with Gasteiger partial charge < -0.3 is 15.0 Å². The van der Waals surface area contributed by atoms with Crippen molar-refractivity contribution in [1.82, 2.24) is 9.88 Å². The van der Waals surface area contributed by atoms with Crippen LogP contribution in [-0.4, -0.2) is 40.2 Å². The van der Waals surface area contributed by atoms with Gasteiger partial charge in [-0.25, -0.2) is 0 Å². The summed E-state index contributed by atoms with van der Waals surface area (Å²) in [6.07, 6.45) is -1.87. The third kappa shape index (κ3) is 2.49. The topological polar surface area (TPSA) is 56.3 Å². The number of carbonyl (C=O) groups is 1. The average molecular weight is 326 g/mol. The van der Waals surface area contributed by atoms with E-state index in [1.165, 1.54) is 6.07 Å². The highest BCUT2D eigenvalue weighted by Crippen LogP contribution is 2.43. The number of fused-ring (bicyclic) bond motifs is 1. The fourth-order valence-corrected chi connectivity index (χ4v) is 3.09. The molecular formula is C16H17F3N2O2. The number of alkyl halides is 3. The number of rotatable bonds is 2. The third-order valence-corrected chi connectivity index (χ3v) is 4.34. The van der Waals surface area contributed by atoms with Gasteiger partial charge in [-0.2, -0.15) is 13.2 Å². The van der Waals surface area contributed by atoms with Crippen molar-refractivity contribution in [1.29, 1.82) is 0 Å². The van der Waals surface area contributed by atoms with E-state index in [0.29, 0.717) is 18.4 Å². The van der Waals surface area contributed by atoms with Crippen LogP contribution >= 0.6 is 0 Å². The first-order valence-corrected chi connectivity index (χ1v) is 7.51. The normalized spacial score (nSPS) is 18.9. The summed E-state index contributed by atoms with van der Waals surface area (Å²) in [5.41, 5.74) is -3.54. The van der Waals surface area contributed by atoms with Crippen molar-refractivity contribution in [2.75, 3.05) is 13.1 Å². The van der Waals surface area contributed by atoms with Gasteiger partial charge in [-0.3, -0.25) is 4.79 Å². The van der Waals surface area contributed by atoms with Gasteiger partial charge >= 0.3 is 6.18 Å². The fourth-order valence-electron chi connectivity index (χ4n) is 3.09. The van der Waals surface area contributed by atoms with Gasteiger partial charge in [0.25, 0.3) is 11.5 Å². The number of carbonyl (C=O) groups excluding carboxylic acids is 1. The zero-order valence-electron chi connectivity index (χ0n) is 12.4. The van der Waals surface area contributed by atoms with Crippen LogP contribution in [0.4, 0.5) is 13.2 Å². The van der Waals surface area contributed by atoms with E-state index in [2.05, 4.69) is 4.98 Å². The summed E-state index contributed by atoms with van der Waals surface area (Å²) in [5.74, 6) is -1.30. The van der Waals surface area contributed by atoms with Gasteiger partial charge in [0.15, 0.2) is 0 Å². The summed E-state index contributed by atoms with van der Waals surface area (Å²) in [5, 5.41) is 10.7. The van der Waals surface area contributed by atoms with Crippen LogP contribution in [0.2, 0.25) is 0 Å². The Morgan fingerprint density at radius 3 is 2.43 bits per heavy atom. The number of H-pyrrole nitrogens is 1. The van der Waals surface area contributed by atoms with Crippen molar-refractivity contribution < 1.29 is 23.1 Å². The minimum Gasteiger partial charge on any atom is -0.368 e. The van der Waals surface area contributed by atoms with E-state index in [-0.39, 0.29) is 18.5 Å². The quantitative estimate of drug-likeness (QED) is 0.891. The van der Waals surface area contributed by atoms with Crippen molar-refractivity contribution in [3.8, 4) is 0 Å². The number of aromatic nitrogens is 1. The summed E-state index contributed by atoms with van der Waals surface area (Å²) < 4.78 is 41.1. The van der Waals surface area contributed by atoms with E-state index >= 15 is 0 Å². The number of piperidine rings is 1. The number of benzene rings is 1. The minimum absolute atomic E-state index is 0.192. The smallest absolute Gasteiger partial charge is 0.368 e. The zero-order valence-corrected chi connectivity index (χ0v) is 12.4. The van der Waals surface area contributed by atoms with Crippen molar-refractivity contribution in [2.45, 2.75) is 31.0 Å². The van der Waals surface area contributed by atoms with E-state index in [1.807, 2.05) is 0 Å². The predicted octanol–water partition coefficient (Wildman–Crippen LogP) is 2.93. The van der Waals surface area contributed by atoms with E-state index in [0.717, 1.165) is 17.5 Å². The molecule has 1 amide bonds. The number of para-hydroxylation sites is 1. The molecule has 7 heteroatoms. The molecule has 23 heavy (non-hydrogen) atoms. The second-order valence-corrected chi connectivity index (χ2v) is 5.81.